The van der Waals surface area contributed by atoms with Crippen LogP contribution in [0.5, 0.6) is 0 Å². The lowest BCUT2D eigenvalue weighted by Crippen LogP contribution is -2.36. The number of aliphatic carboxylic acids is 1. The number of allylic oxidation sites excluding steroid dienone is 2. The number of hydrogen-bond acceptors (Lipinski definition) is 4. The summed E-state index contributed by atoms with van der Waals surface area (Å²) in [6.07, 6.45) is 13.0. The van der Waals surface area contributed by atoms with Crippen LogP contribution in [0.15, 0.2) is 42.2 Å². The van der Waals surface area contributed by atoms with Gasteiger partial charge in [-0.05, 0) is 64.2 Å². The molecule has 1 aliphatic rings. The highest BCUT2D eigenvalue weighted by molar-refractivity contribution is 6.43. The Morgan fingerprint density at radius 3 is 2.16 bits per heavy atom. The Morgan fingerprint density at radius 1 is 0.841 bits per heavy atom. The Morgan fingerprint density at radius 2 is 1.50 bits per heavy atom. The number of carboxylic acids is 1. The molecule has 1 aliphatic heterocycles. The average molecular weight is 682 g/mol. The highest BCUT2D eigenvalue weighted by atomic mass is 35.5. The molecule has 0 amide bonds. The van der Waals surface area contributed by atoms with Crippen molar-refractivity contribution in [3.05, 3.63) is 68.2 Å². The third kappa shape index (κ3) is 7.74. The second-order valence-electron chi connectivity index (χ2n) is 10.8. The molecule has 2 heterocycles. The average Bonchev–Trinajstić information content (AvgIpc) is 3.43. The van der Waals surface area contributed by atoms with Gasteiger partial charge in [-0.1, -0.05) is 58.9 Å². The van der Waals surface area contributed by atoms with Crippen LogP contribution in [0.3, 0.4) is 0 Å². The largest absolute Gasteiger partial charge is 0.481 e. The summed E-state index contributed by atoms with van der Waals surface area (Å²) in [6.45, 7) is 7.18. The third-order valence-corrected chi connectivity index (χ3v) is 9.35. The lowest BCUT2D eigenvalue weighted by Gasteiger charge is -2.24. The molecule has 44 heavy (non-hydrogen) atoms. The molecule has 0 atom stereocenters. The monoisotopic (exact) mass is 679 g/mol. The summed E-state index contributed by atoms with van der Waals surface area (Å²) in [5, 5.41) is 11.1. The fourth-order valence-corrected chi connectivity index (χ4v) is 6.45. The van der Waals surface area contributed by atoms with Gasteiger partial charge in [-0.3, -0.25) is 4.79 Å². The summed E-state index contributed by atoms with van der Waals surface area (Å²) in [5.74, 6) is 1.26. The Hall–Kier alpha value is -2.71. The topological polar surface area (TPSA) is 69.7 Å². The molecule has 2 aromatic carbocycles. The van der Waals surface area contributed by atoms with Crippen molar-refractivity contribution in [2.45, 2.75) is 78.3 Å². The van der Waals surface area contributed by atoms with E-state index in [1.807, 2.05) is 24.3 Å². The van der Waals surface area contributed by atoms with Crippen LogP contribution in [-0.4, -0.2) is 35.0 Å². The second-order valence-corrected chi connectivity index (χ2v) is 12.4. The van der Waals surface area contributed by atoms with Gasteiger partial charge in [0, 0.05) is 44.1 Å². The van der Waals surface area contributed by atoms with E-state index in [1.165, 1.54) is 0 Å². The van der Waals surface area contributed by atoms with Crippen LogP contribution in [0, 0.1) is 0 Å². The zero-order chi connectivity index (χ0) is 31.8. The quantitative estimate of drug-likeness (QED) is 0.0928. The summed E-state index contributed by atoms with van der Waals surface area (Å²) in [6, 6.07) is 7.67. The molecule has 0 unspecified atom stereocenters. The SMILES string of the molecule is CCN1C(=CC=Cc2n(CC)c3cc(Cl)c(Cl)cc3[n+]2CCCCCC(=O)O)N(CCCCCC=O)c2cc(Cl)c(Cl)cc21. The van der Waals surface area contributed by atoms with E-state index < -0.39 is 5.97 Å². The number of fused-ring (bicyclic) bond motifs is 2. The number of rotatable bonds is 16. The third-order valence-electron chi connectivity index (χ3n) is 7.90. The Bertz CT molecular complexity index is 1570. The molecule has 0 saturated carbocycles. The number of halogens is 4. The van der Waals surface area contributed by atoms with E-state index in [9.17, 15) is 9.59 Å². The van der Waals surface area contributed by atoms with Crippen LogP contribution in [0.2, 0.25) is 20.1 Å². The van der Waals surface area contributed by atoms with E-state index in [-0.39, 0.29) is 6.42 Å². The van der Waals surface area contributed by atoms with Crippen molar-refractivity contribution < 1.29 is 19.3 Å². The lowest BCUT2D eigenvalue weighted by molar-refractivity contribution is -0.674. The number of nitrogens with zero attached hydrogens (tertiary/aromatic N) is 4. The van der Waals surface area contributed by atoms with Crippen molar-refractivity contribution in [1.29, 1.82) is 0 Å². The number of hydrogen-bond donors (Lipinski definition) is 1. The molecular weight excluding hydrogens is 642 g/mol. The predicted molar refractivity (Wildman–Crippen MR) is 182 cm³/mol. The molecule has 1 aromatic heterocycles. The van der Waals surface area contributed by atoms with Crippen LogP contribution < -0.4 is 14.4 Å². The van der Waals surface area contributed by atoms with Crippen molar-refractivity contribution in [3.8, 4) is 0 Å². The van der Waals surface area contributed by atoms with E-state index in [1.54, 1.807) is 0 Å². The molecule has 3 aromatic rings. The van der Waals surface area contributed by atoms with Gasteiger partial charge >= 0.3 is 5.97 Å². The van der Waals surface area contributed by atoms with Crippen LogP contribution in [0.25, 0.3) is 17.1 Å². The minimum absolute atomic E-state index is 0.170. The molecule has 0 fully saturated rings. The van der Waals surface area contributed by atoms with Gasteiger partial charge in [0.05, 0.1) is 44.6 Å². The van der Waals surface area contributed by atoms with E-state index >= 15 is 0 Å². The minimum atomic E-state index is -0.770. The second kappa shape index (κ2) is 16.0. The first-order valence-corrected chi connectivity index (χ1v) is 16.7. The van der Waals surface area contributed by atoms with Gasteiger partial charge in [0.2, 0.25) is 0 Å². The zero-order valence-corrected chi connectivity index (χ0v) is 28.2. The van der Waals surface area contributed by atoms with Gasteiger partial charge in [0.25, 0.3) is 5.82 Å². The molecular formula is C33H39Cl4N4O3+. The maximum absolute atomic E-state index is 11.0. The van der Waals surface area contributed by atoms with Crippen molar-refractivity contribution in [2.24, 2.45) is 0 Å². The maximum atomic E-state index is 11.0. The standard InChI is InChI=1S/C33H38Cl4N4O3/c1-3-38-27-19-23(34)25(36)21-29(27)40(16-9-5-6-11-18-42)31(38)13-12-14-32-39(4-2)28-20-24(35)26(37)22-30(28)41(32)17-10-7-8-15-33(43)44/h12-14,18-22H,3-11,15-17H2,1-2H3/p+1. The Balaban J connectivity index is 1.72. The zero-order valence-electron chi connectivity index (χ0n) is 25.2. The number of aryl methyl sites for hydroxylation is 2. The number of carbonyl (C=O) groups is 2. The molecule has 11 heteroatoms. The molecule has 0 aliphatic carbocycles. The summed E-state index contributed by atoms with van der Waals surface area (Å²) in [4.78, 5) is 26.3. The molecule has 7 nitrogen and oxygen atoms in total. The van der Waals surface area contributed by atoms with Gasteiger partial charge < -0.3 is 19.7 Å². The minimum Gasteiger partial charge on any atom is -0.481 e. The highest BCUT2D eigenvalue weighted by Crippen LogP contribution is 2.45. The number of carboxylic acid groups (broad SMARTS) is 1. The van der Waals surface area contributed by atoms with Crippen LogP contribution in [0.4, 0.5) is 11.4 Å². The van der Waals surface area contributed by atoms with E-state index in [0.29, 0.717) is 39.5 Å². The number of aromatic nitrogens is 2. The van der Waals surface area contributed by atoms with Crippen LogP contribution >= 0.6 is 46.4 Å². The lowest BCUT2D eigenvalue weighted by atomic mass is 10.2. The van der Waals surface area contributed by atoms with E-state index in [4.69, 9.17) is 51.5 Å². The molecule has 0 spiro atoms. The van der Waals surface area contributed by atoms with Gasteiger partial charge in [0.1, 0.15) is 12.1 Å². The van der Waals surface area contributed by atoms with E-state index in [0.717, 1.165) is 92.1 Å². The fourth-order valence-electron chi connectivity index (χ4n) is 5.81. The fraction of sp³-hybridized carbons (Fsp3) is 0.424. The number of imidazole rings is 1. The first-order chi connectivity index (χ1) is 21.2. The molecule has 4 rings (SSSR count). The number of benzene rings is 2. The predicted octanol–water partition coefficient (Wildman–Crippen LogP) is 9.17. The maximum Gasteiger partial charge on any atom is 0.303 e. The summed E-state index contributed by atoms with van der Waals surface area (Å²) in [7, 11) is 0. The molecule has 236 valence electrons. The highest BCUT2D eigenvalue weighted by Gasteiger charge is 2.31. The molecule has 1 N–H and O–H groups in total. The summed E-state index contributed by atoms with van der Waals surface area (Å²) < 4.78 is 4.46. The summed E-state index contributed by atoms with van der Waals surface area (Å²) in [5.41, 5.74) is 4.00. The van der Waals surface area contributed by atoms with E-state index in [2.05, 4.69) is 51.0 Å². The molecule has 0 radical (unpaired) electrons. The van der Waals surface area contributed by atoms with Crippen molar-refractivity contribution in [2.75, 3.05) is 22.9 Å². The van der Waals surface area contributed by atoms with Crippen LogP contribution in [-0.2, 0) is 22.7 Å². The molecule has 0 saturated heterocycles. The number of carbonyl (C=O) groups excluding carboxylic acids is 1. The van der Waals surface area contributed by atoms with Gasteiger partial charge in [-0.15, -0.1) is 0 Å². The van der Waals surface area contributed by atoms with Gasteiger partial charge in [-0.25, -0.2) is 9.13 Å². The Labute approximate surface area is 279 Å². The molecule has 0 bridgehead atoms. The normalized spacial score (nSPS) is 14.0. The first-order valence-electron chi connectivity index (χ1n) is 15.2. The van der Waals surface area contributed by atoms with Crippen molar-refractivity contribution >= 4 is 87.1 Å². The number of anilines is 2. The van der Waals surface area contributed by atoms with Crippen molar-refractivity contribution in [3.63, 3.8) is 0 Å². The van der Waals surface area contributed by atoms with Gasteiger partial charge in [-0.2, -0.15) is 0 Å². The van der Waals surface area contributed by atoms with Crippen LogP contribution in [0.1, 0.15) is 71.0 Å². The first kappa shape index (κ1) is 34.2. The number of aldehydes is 1. The van der Waals surface area contributed by atoms with Crippen molar-refractivity contribution in [1.82, 2.24) is 4.57 Å². The smallest absolute Gasteiger partial charge is 0.303 e. The number of unbranched alkanes of at least 4 members (excludes halogenated alkanes) is 5. The Kier molecular flexibility index (Phi) is 12.4. The summed E-state index contributed by atoms with van der Waals surface area (Å²) >= 11 is 25.8. The van der Waals surface area contributed by atoms with Gasteiger partial charge in [0.15, 0.2) is 11.0 Å².